The molecule has 0 aliphatic heterocycles. The first-order valence-corrected chi connectivity index (χ1v) is 10.2. The first kappa shape index (κ1) is 21.3. The summed E-state index contributed by atoms with van der Waals surface area (Å²) in [6.07, 6.45) is 1.62. The Morgan fingerprint density at radius 3 is 2.59 bits per heavy atom. The molecule has 0 amide bonds. The number of aromatic nitrogens is 4. The van der Waals surface area contributed by atoms with Gasteiger partial charge in [0.2, 0.25) is 0 Å². The number of esters is 1. The zero-order valence-electron chi connectivity index (χ0n) is 18.7. The number of fused-ring (bicyclic) bond motifs is 1. The molecule has 32 heavy (non-hydrogen) atoms. The van der Waals surface area contributed by atoms with Crippen LogP contribution in [0.25, 0.3) is 22.6 Å². The molecule has 0 radical (unpaired) electrons. The Morgan fingerprint density at radius 1 is 1.09 bits per heavy atom. The molecule has 0 N–H and O–H groups in total. The summed E-state index contributed by atoms with van der Waals surface area (Å²) in [5.41, 5.74) is 5.70. The molecule has 0 bridgehead atoms. The Bertz CT molecular complexity index is 1400. The van der Waals surface area contributed by atoms with Crippen LogP contribution in [0.1, 0.15) is 22.5 Å². The number of carbonyl (C=O) groups excluding carboxylic acids is 1. The molecule has 0 saturated carbocycles. The summed E-state index contributed by atoms with van der Waals surface area (Å²) in [7, 11) is 1.28. The minimum atomic E-state index is -0.518. The number of aryl methyl sites for hydroxylation is 4. The highest BCUT2D eigenvalue weighted by atomic mass is 16.6. The third-order valence-electron chi connectivity index (χ3n) is 5.30. The van der Waals surface area contributed by atoms with Crippen molar-refractivity contribution in [2.75, 3.05) is 13.7 Å². The standard InChI is InChI=1S/C24H24N4O4/c1-14-8-9-19(15(2)11-14)28-16(3)12-18(26-28)22-17(4)25-23-20(32-13-21(29)31-5)7-6-10-27(23)24(22)30/h6-12H,13H2,1-5H3. The van der Waals surface area contributed by atoms with Crippen molar-refractivity contribution in [3.05, 3.63) is 75.5 Å². The maximum atomic E-state index is 13.4. The van der Waals surface area contributed by atoms with Crippen LogP contribution >= 0.6 is 0 Å². The molecule has 0 spiro atoms. The number of benzene rings is 1. The number of nitrogens with zero attached hydrogens (tertiary/aromatic N) is 4. The third kappa shape index (κ3) is 3.75. The predicted molar refractivity (Wildman–Crippen MR) is 120 cm³/mol. The average molecular weight is 432 g/mol. The monoisotopic (exact) mass is 432 g/mol. The van der Waals surface area contributed by atoms with Gasteiger partial charge in [-0.25, -0.2) is 14.5 Å². The molecule has 3 aromatic heterocycles. The van der Waals surface area contributed by atoms with Gasteiger partial charge >= 0.3 is 5.97 Å². The molecule has 1 aromatic carbocycles. The Kier molecular flexibility index (Phi) is 5.52. The first-order valence-electron chi connectivity index (χ1n) is 10.2. The number of hydrogen-bond donors (Lipinski definition) is 0. The highest BCUT2D eigenvalue weighted by molar-refractivity contribution is 5.71. The van der Waals surface area contributed by atoms with Gasteiger partial charge in [0.05, 0.1) is 24.1 Å². The van der Waals surface area contributed by atoms with E-state index in [1.165, 1.54) is 17.1 Å². The molecule has 0 fully saturated rings. The molecule has 0 saturated heterocycles. The van der Waals surface area contributed by atoms with Gasteiger partial charge in [0.15, 0.2) is 18.0 Å². The Balaban J connectivity index is 1.82. The molecule has 164 valence electrons. The molecule has 4 aromatic rings. The van der Waals surface area contributed by atoms with Crippen molar-refractivity contribution >= 4 is 11.6 Å². The molecule has 0 aliphatic rings. The molecule has 8 nitrogen and oxygen atoms in total. The zero-order valence-corrected chi connectivity index (χ0v) is 18.7. The highest BCUT2D eigenvalue weighted by Crippen LogP contribution is 2.25. The summed E-state index contributed by atoms with van der Waals surface area (Å²) in [4.78, 5) is 29.4. The molecular weight excluding hydrogens is 408 g/mol. The van der Waals surface area contributed by atoms with Crippen LogP contribution in [0.4, 0.5) is 0 Å². The molecule has 0 aliphatic carbocycles. The van der Waals surface area contributed by atoms with Crippen LogP contribution in [0.2, 0.25) is 0 Å². The summed E-state index contributed by atoms with van der Waals surface area (Å²) in [6.45, 7) is 7.53. The van der Waals surface area contributed by atoms with E-state index in [-0.39, 0.29) is 12.2 Å². The lowest BCUT2D eigenvalue weighted by molar-refractivity contribution is -0.142. The summed E-state index contributed by atoms with van der Waals surface area (Å²) in [6, 6.07) is 11.4. The molecular formula is C24H24N4O4. The van der Waals surface area contributed by atoms with Crippen molar-refractivity contribution < 1.29 is 14.3 Å². The largest absolute Gasteiger partial charge is 0.478 e. The van der Waals surface area contributed by atoms with Gasteiger partial charge in [0.25, 0.3) is 5.56 Å². The topological polar surface area (TPSA) is 87.7 Å². The molecule has 3 heterocycles. The van der Waals surface area contributed by atoms with Crippen molar-refractivity contribution in [3.63, 3.8) is 0 Å². The van der Waals surface area contributed by atoms with Crippen molar-refractivity contribution in [2.45, 2.75) is 27.7 Å². The van der Waals surface area contributed by atoms with Gasteiger partial charge in [0.1, 0.15) is 5.69 Å². The van der Waals surface area contributed by atoms with Gasteiger partial charge in [-0.1, -0.05) is 17.7 Å². The smallest absolute Gasteiger partial charge is 0.343 e. The van der Waals surface area contributed by atoms with Crippen LogP contribution in [0.15, 0.2) is 47.4 Å². The van der Waals surface area contributed by atoms with E-state index in [0.717, 1.165) is 16.9 Å². The average Bonchev–Trinajstić information content (AvgIpc) is 3.12. The van der Waals surface area contributed by atoms with Gasteiger partial charge in [-0.2, -0.15) is 5.10 Å². The fourth-order valence-electron chi connectivity index (χ4n) is 3.73. The minimum absolute atomic E-state index is 0.263. The highest BCUT2D eigenvalue weighted by Gasteiger charge is 2.19. The van der Waals surface area contributed by atoms with E-state index in [1.54, 1.807) is 25.3 Å². The minimum Gasteiger partial charge on any atom is -0.478 e. The van der Waals surface area contributed by atoms with E-state index in [4.69, 9.17) is 9.84 Å². The lowest BCUT2D eigenvalue weighted by Crippen LogP contribution is -2.20. The number of rotatable bonds is 5. The van der Waals surface area contributed by atoms with E-state index < -0.39 is 5.97 Å². The number of pyridine rings is 1. The van der Waals surface area contributed by atoms with E-state index >= 15 is 0 Å². The van der Waals surface area contributed by atoms with E-state index in [9.17, 15) is 9.59 Å². The third-order valence-corrected chi connectivity index (χ3v) is 5.30. The molecule has 4 rings (SSSR count). The van der Waals surface area contributed by atoms with Gasteiger partial charge in [-0.05, 0) is 57.5 Å². The maximum absolute atomic E-state index is 13.4. The number of methoxy groups -OCH3 is 1. The van der Waals surface area contributed by atoms with Crippen LogP contribution in [-0.4, -0.2) is 38.9 Å². The van der Waals surface area contributed by atoms with Gasteiger partial charge in [-0.15, -0.1) is 0 Å². The zero-order chi connectivity index (χ0) is 23.0. The van der Waals surface area contributed by atoms with E-state index in [2.05, 4.69) is 15.8 Å². The van der Waals surface area contributed by atoms with Crippen molar-refractivity contribution in [1.29, 1.82) is 0 Å². The maximum Gasteiger partial charge on any atom is 0.343 e. The Morgan fingerprint density at radius 2 is 1.88 bits per heavy atom. The second kappa shape index (κ2) is 8.30. The van der Waals surface area contributed by atoms with Gasteiger partial charge in [-0.3, -0.25) is 9.20 Å². The lowest BCUT2D eigenvalue weighted by atomic mass is 10.1. The molecule has 0 unspecified atom stereocenters. The van der Waals surface area contributed by atoms with Crippen molar-refractivity contribution in [2.24, 2.45) is 0 Å². The molecule has 0 atom stereocenters. The Labute approximate surface area is 185 Å². The Hall–Kier alpha value is -3.94. The van der Waals surface area contributed by atoms with E-state index in [1.807, 2.05) is 43.7 Å². The van der Waals surface area contributed by atoms with Gasteiger partial charge in [0, 0.05) is 11.9 Å². The van der Waals surface area contributed by atoms with Crippen LogP contribution in [0, 0.1) is 27.7 Å². The predicted octanol–water partition coefficient (Wildman–Crippen LogP) is 3.33. The van der Waals surface area contributed by atoms with Gasteiger partial charge < -0.3 is 9.47 Å². The van der Waals surface area contributed by atoms with Crippen molar-refractivity contribution in [3.8, 4) is 22.7 Å². The van der Waals surface area contributed by atoms with Crippen LogP contribution < -0.4 is 10.3 Å². The number of carbonyl (C=O) groups is 1. The second-order valence-corrected chi connectivity index (χ2v) is 7.68. The second-order valence-electron chi connectivity index (χ2n) is 7.68. The first-order chi connectivity index (χ1) is 15.3. The van der Waals surface area contributed by atoms with Crippen LogP contribution in [-0.2, 0) is 9.53 Å². The molecule has 8 heteroatoms. The van der Waals surface area contributed by atoms with E-state index in [0.29, 0.717) is 28.3 Å². The SMILES string of the molecule is COC(=O)COc1cccn2c(=O)c(-c3cc(C)n(-c4ccc(C)cc4C)n3)c(C)nc12. The number of ether oxygens (including phenoxy) is 2. The fraction of sp³-hybridized carbons (Fsp3) is 0.250. The number of hydrogen-bond acceptors (Lipinski definition) is 6. The summed E-state index contributed by atoms with van der Waals surface area (Å²) in [5, 5.41) is 4.73. The quantitative estimate of drug-likeness (QED) is 0.450. The summed E-state index contributed by atoms with van der Waals surface area (Å²) < 4.78 is 13.4. The summed E-state index contributed by atoms with van der Waals surface area (Å²) >= 11 is 0. The fourth-order valence-corrected chi connectivity index (χ4v) is 3.73. The van der Waals surface area contributed by atoms with Crippen molar-refractivity contribution in [1.82, 2.24) is 19.2 Å². The lowest BCUT2D eigenvalue weighted by Gasteiger charge is -2.11. The van der Waals surface area contributed by atoms with Crippen LogP contribution in [0.3, 0.4) is 0 Å². The normalized spacial score (nSPS) is 11.0. The van der Waals surface area contributed by atoms with Crippen LogP contribution in [0.5, 0.6) is 5.75 Å². The summed E-state index contributed by atoms with van der Waals surface area (Å²) in [5.74, 6) is -0.197.